The molecular formula is C13H21N3O4. The molecule has 0 aliphatic carbocycles. The van der Waals surface area contributed by atoms with Crippen LogP contribution >= 0.6 is 0 Å². The van der Waals surface area contributed by atoms with Crippen LogP contribution in [0.3, 0.4) is 0 Å². The van der Waals surface area contributed by atoms with E-state index in [1.165, 1.54) is 0 Å². The van der Waals surface area contributed by atoms with Crippen LogP contribution in [-0.4, -0.2) is 66.0 Å². The number of nitrogens with one attached hydrogen (secondary N) is 1. The van der Waals surface area contributed by atoms with Crippen molar-refractivity contribution in [2.45, 2.75) is 19.3 Å². The van der Waals surface area contributed by atoms with Gasteiger partial charge in [0.15, 0.2) is 0 Å². The maximum Gasteiger partial charge on any atom is 0.320 e. The van der Waals surface area contributed by atoms with Crippen LogP contribution in [0.15, 0.2) is 0 Å². The molecule has 3 amide bonds. The van der Waals surface area contributed by atoms with E-state index in [0.717, 1.165) is 12.8 Å². The van der Waals surface area contributed by atoms with Gasteiger partial charge in [-0.15, -0.1) is 0 Å². The number of carboxylic acid groups (broad SMARTS) is 1. The van der Waals surface area contributed by atoms with Crippen molar-refractivity contribution in [1.82, 2.24) is 15.1 Å². The maximum atomic E-state index is 12.2. The van der Waals surface area contributed by atoms with E-state index in [0.29, 0.717) is 26.2 Å². The quantitative estimate of drug-likeness (QED) is 0.761. The molecule has 20 heavy (non-hydrogen) atoms. The summed E-state index contributed by atoms with van der Waals surface area (Å²) >= 11 is 0. The van der Waals surface area contributed by atoms with E-state index in [4.69, 9.17) is 5.11 Å². The minimum Gasteiger partial charge on any atom is -0.481 e. The molecule has 2 saturated heterocycles. The molecule has 2 N–H and O–H groups in total. The number of carbonyl (C=O) groups excluding carboxylic acids is 2. The molecule has 2 heterocycles. The second-order valence-electron chi connectivity index (χ2n) is 5.55. The van der Waals surface area contributed by atoms with Crippen molar-refractivity contribution < 1.29 is 19.5 Å². The van der Waals surface area contributed by atoms with Crippen LogP contribution in [-0.2, 0) is 9.59 Å². The summed E-state index contributed by atoms with van der Waals surface area (Å²) in [5, 5.41) is 11.3. The second-order valence-corrected chi connectivity index (χ2v) is 5.55. The van der Waals surface area contributed by atoms with Crippen molar-refractivity contribution in [3.8, 4) is 0 Å². The smallest absolute Gasteiger partial charge is 0.320 e. The van der Waals surface area contributed by atoms with Gasteiger partial charge in [-0.3, -0.25) is 9.59 Å². The molecule has 0 radical (unpaired) electrons. The van der Waals surface area contributed by atoms with E-state index in [9.17, 15) is 14.4 Å². The highest BCUT2D eigenvalue weighted by Gasteiger charge is 2.36. The number of hydrogen-bond donors (Lipinski definition) is 2. The lowest BCUT2D eigenvalue weighted by atomic mass is 9.95. The van der Waals surface area contributed by atoms with Crippen LogP contribution in [0.5, 0.6) is 0 Å². The second kappa shape index (κ2) is 6.11. The van der Waals surface area contributed by atoms with E-state index in [1.807, 2.05) is 0 Å². The van der Waals surface area contributed by atoms with Gasteiger partial charge in [0.1, 0.15) is 0 Å². The Labute approximate surface area is 117 Å². The van der Waals surface area contributed by atoms with Crippen LogP contribution in [0, 0.1) is 11.8 Å². The molecular weight excluding hydrogens is 262 g/mol. The van der Waals surface area contributed by atoms with Gasteiger partial charge in [-0.05, 0) is 12.8 Å². The SMILES string of the molecule is CNC(=O)C1CCCN(C(=O)N2CC(CC(=O)O)C2)C1. The third-order valence-corrected chi connectivity index (χ3v) is 4.00. The van der Waals surface area contributed by atoms with E-state index in [2.05, 4.69) is 5.32 Å². The molecule has 2 rings (SSSR count). The van der Waals surface area contributed by atoms with Gasteiger partial charge >= 0.3 is 12.0 Å². The van der Waals surface area contributed by atoms with Crippen molar-refractivity contribution >= 4 is 17.9 Å². The Kier molecular flexibility index (Phi) is 4.46. The minimum atomic E-state index is -0.820. The Bertz CT molecular complexity index is 406. The number of likely N-dealkylation sites (tertiary alicyclic amines) is 2. The zero-order valence-corrected chi connectivity index (χ0v) is 11.7. The first-order valence-electron chi connectivity index (χ1n) is 6.98. The van der Waals surface area contributed by atoms with E-state index in [-0.39, 0.29) is 30.2 Å². The number of carbonyl (C=O) groups is 3. The van der Waals surface area contributed by atoms with Gasteiger partial charge < -0.3 is 20.2 Å². The average Bonchev–Trinajstić information content (AvgIpc) is 2.40. The van der Waals surface area contributed by atoms with Gasteiger partial charge in [0, 0.05) is 39.1 Å². The van der Waals surface area contributed by atoms with Crippen molar-refractivity contribution in [3.63, 3.8) is 0 Å². The molecule has 7 heteroatoms. The lowest BCUT2D eigenvalue weighted by Crippen LogP contribution is -2.57. The Morgan fingerprint density at radius 3 is 2.50 bits per heavy atom. The molecule has 1 unspecified atom stereocenters. The first kappa shape index (κ1) is 14.6. The molecule has 0 aromatic heterocycles. The molecule has 0 aromatic carbocycles. The van der Waals surface area contributed by atoms with Gasteiger partial charge in [-0.25, -0.2) is 4.79 Å². The normalized spacial score (nSPS) is 23.1. The predicted octanol–water partition coefficient (Wildman–Crippen LogP) is -0.0291. The molecule has 0 aromatic rings. The molecule has 2 fully saturated rings. The monoisotopic (exact) mass is 283 g/mol. The molecule has 2 aliphatic heterocycles. The zero-order valence-electron chi connectivity index (χ0n) is 11.7. The highest BCUT2D eigenvalue weighted by molar-refractivity contribution is 5.81. The fraction of sp³-hybridized carbons (Fsp3) is 0.769. The number of piperidine rings is 1. The van der Waals surface area contributed by atoms with Gasteiger partial charge in [-0.1, -0.05) is 0 Å². The third kappa shape index (κ3) is 3.20. The summed E-state index contributed by atoms with van der Waals surface area (Å²) in [6.07, 6.45) is 1.76. The van der Waals surface area contributed by atoms with E-state index < -0.39 is 5.97 Å². The number of amides is 3. The molecule has 0 spiro atoms. The van der Waals surface area contributed by atoms with Crippen LogP contribution in [0.2, 0.25) is 0 Å². The minimum absolute atomic E-state index is 0.0186. The predicted molar refractivity (Wildman–Crippen MR) is 71.1 cm³/mol. The average molecular weight is 283 g/mol. The van der Waals surface area contributed by atoms with Crippen molar-refractivity contribution in [1.29, 1.82) is 0 Å². The molecule has 112 valence electrons. The Morgan fingerprint density at radius 1 is 1.20 bits per heavy atom. The van der Waals surface area contributed by atoms with Crippen molar-refractivity contribution in [2.24, 2.45) is 11.8 Å². The number of urea groups is 1. The summed E-state index contributed by atoms with van der Waals surface area (Å²) in [5.41, 5.74) is 0. The molecule has 1 atom stereocenters. The summed E-state index contributed by atoms with van der Waals surface area (Å²) in [6, 6.07) is -0.0692. The molecule has 2 aliphatic rings. The highest BCUT2D eigenvalue weighted by atomic mass is 16.4. The van der Waals surface area contributed by atoms with Crippen LogP contribution in [0.4, 0.5) is 4.79 Å². The summed E-state index contributed by atoms with van der Waals surface area (Å²) in [5.74, 6) is -0.903. The van der Waals surface area contributed by atoms with Gasteiger partial charge in [-0.2, -0.15) is 0 Å². The fourth-order valence-corrected chi connectivity index (χ4v) is 2.87. The zero-order chi connectivity index (χ0) is 14.7. The Hall–Kier alpha value is -1.79. The summed E-state index contributed by atoms with van der Waals surface area (Å²) in [6.45, 7) is 2.14. The Morgan fingerprint density at radius 2 is 1.90 bits per heavy atom. The largest absolute Gasteiger partial charge is 0.481 e. The van der Waals surface area contributed by atoms with E-state index >= 15 is 0 Å². The van der Waals surface area contributed by atoms with E-state index in [1.54, 1.807) is 16.8 Å². The first-order chi connectivity index (χ1) is 9.51. The highest BCUT2D eigenvalue weighted by Crippen LogP contribution is 2.23. The number of nitrogens with zero attached hydrogens (tertiary/aromatic N) is 2. The summed E-state index contributed by atoms with van der Waals surface area (Å²) < 4.78 is 0. The number of hydrogen-bond acceptors (Lipinski definition) is 3. The van der Waals surface area contributed by atoms with Crippen LogP contribution in [0.25, 0.3) is 0 Å². The number of aliphatic carboxylic acids is 1. The van der Waals surface area contributed by atoms with Crippen molar-refractivity contribution in [2.75, 3.05) is 33.2 Å². The topological polar surface area (TPSA) is 90.0 Å². The standard InChI is InChI=1S/C13H21N3O4/c1-14-12(19)10-3-2-4-15(8-10)13(20)16-6-9(7-16)5-11(17)18/h9-10H,2-8H2,1H3,(H,14,19)(H,17,18). The maximum absolute atomic E-state index is 12.2. The van der Waals surface area contributed by atoms with Crippen LogP contribution < -0.4 is 5.32 Å². The van der Waals surface area contributed by atoms with Gasteiger partial charge in [0.05, 0.1) is 12.3 Å². The van der Waals surface area contributed by atoms with Gasteiger partial charge in [0.2, 0.25) is 5.91 Å². The summed E-state index contributed by atoms with van der Waals surface area (Å²) in [7, 11) is 1.61. The molecule has 0 bridgehead atoms. The first-order valence-corrected chi connectivity index (χ1v) is 6.98. The summed E-state index contributed by atoms with van der Waals surface area (Å²) in [4.78, 5) is 37.8. The molecule has 0 saturated carbocycles. The van der Waals surface area contributed by atoms with Gasteiger partial charge in [0.25, 0.3) is 0 Å². The third-order valence-electron chi connectivity index (χ3n) is 4.00. The van der Waals surface area contributed by atoms with Crippen LogP contribution in [0.1, 0.15) is 19.3 Å². The Balaban J connectivity index is 1.81. The lowest BCUT2D eigenvalue weighted by molar-refractivity contribution is -0.139. The number of rotatable bonds is 3. The van der Waals surface area contributed by atoms with Crippen molar-refractivity contribution in [3.05, 3.63) is 0 Å². The lowest BCUT2D eigenvalue weighted by Gasteiger charge is -2.43. The molecule has 7 nitrogen and oxygen atoms in total. The number of carboxylic acids is 1. The fourth-order valence-electron chi connectivity index (χ4n) is 2.87.